The predicted octanol–water partition coefficient (Wildman–Crippen LogP) is 1.79. The second-order valence-corrected chi connectivity index (χ2v) is 7.06. The van der Waals surface area contributed by atoms with Crippen LogP contribution in [0.5, 0.6) is 0 Å². The van der Waals surface area contributed by atoms with Gasteiger partial charge in [0.2, 0.25) is 10.0 Å². The highest BCUT2D eigenvalue weighted by molar-refractivity contribution is 9.10. The first-order valence-corrected chi connectivity index (χ1v) is 8.32. The minimum Gasteiger partial charge on any atom is -0.311 e. The quantitative estimate of drug-likeness (QED) is 0.747. The van der Waals surface area contributed by atoms with Gasteiger partial charge in [0, 0.05) is 24.1 Å². The minimum absolute atomic E-state index is 0.124. The van der Waals surface area contributed by atoms with Crippen LogP contribution in [0.3, 0.4) is 0 Å². The average Bonchev–Trinajstić information content (AvgIpc) is 2.31. The van der Waals surface area contributed by atoms with Crippen molar-refractivity contribution in [1.29, 1.82) is 0 Å². The van der Waals surface area contributed by atoms with Crippen molar-refractivity contribution in [2.75, 3.05) is 18.8 Å². The summed E-state index contributed by atoms with van der Waals surface area (Å²) in [5.41, 5.74) is 2.43. The Balaban J connectivity index is 2.30. The Bertz CT molecular complexity index is 489. The van der Waals surface area contributed by atoms with Crippen molar-refractivity contribution in [3.8, 4) is 0 Å². The normalized spacial score (nSPS) is 11.7. The third kappa shape index (κ3) is 5.48. The van der Waals surface area contributed by atoms with E-state index in [2.05, 4.69) is 45.0 Å². The Morgan fingerprint density at radius 3 is 2.61 bits per heavy atom. The highest BCUT2D eigenvalue weighted by Crippen LogP contribution is 2.15. The van der Waals surface area contributed by atoms with E-state index in [-0.39, 0.29) is 5.75 Å². The van der Waals surface area contributed by atoms with Gasteiger partial charge in [0.25, 0.3) is 0 Å². The monoisotopic (exact) mass is 334 g/mol. The first kappa shape index (κ1) is 15.6. The van der Waals surface area contributed by atoms with Crippen LogP contribution in [0.15, 0.2) is 22.7 Å². The fraction of sp³-hybridized carbons (Fsp3) is 0.500. The molecule has 6 heteroatoms. The highest BCUT2D eigenvalue weighted by atomic mass is 79.9. The zero-order chi connectivity index (χ0) is 13.6. The molecule has 0 saturated carbocycles. The molecule has 0 radical (unpaired) electrons. The molecule has 1 rings (SSSR count). The fourth-order valence-corrected chi connectivity index (χ4v) is 2.57. The van der Waals surface area contributed by atoms with E-state index in [1.54, 1.807) is 6.92 Å². The van der Waals surface area contributed by atoms with Gasteiger partial charge < -0.3 is 5.32 Å². The standard InChI is InChI=1S/C12H19BrN2O2S/c1-3-18(16,17)15-7-6-14-9-11-4-5-12(13)8-10(11)2/h4-5,8,14-15H,3,6-7,9H2,1-2H3. The van der Waals surface area contributed by atoms with Crippen LogP contribution in [0.25, 0.3) is 0 Å². The number of aryl methyl sites for hydroxylation is 1. The lowest BCUT2D eigenvalue weighted by atomic mass is 10.1. The van der Waals surface area contributed by atoms with Gasteiger partial charge in [-0.15, -0.1) is 0 Å². The van der Waals surface area contributed by atoms with Gasteiger partial charge in [0.15, 0.2) is 0 Å². The van der Waals surface area contributed by atoms with E-state index in [0.29, 0.717) is 13.1 Å². The Labute approximate surface area is 117 Å². The van der Waals surface area contributed by atoms with Gasteiger partial charge in [-0.2, -0.15) is 0 Å². The molecule has 0 aliphatic carbocycles. The van der Waals surface area contributed by atoms with Crippen LogP contribution in [0.1, 0.15) is 18.1 Å². The molecule has 2 N–H and O–H groups in total. The zero-order valence-electron chi connectivity index (χ0n) is 10.7. The maximum atomic E-state index is 11.2. The van der Waals surface area contributed by atoms with Crippen LogP contribution in [0.4, 0.5) is 0 Å². The maximum absolute atomic E-state index is 11.2. The molecule has 0 heterocycles. The van der Waals surface area contributed by atoms with Crippen molar-refractivity contribution in [2.45, 2.75) is 20.4 Å². The summed E-state index contributed by atoms with van der Waals surface area (Å²) in [6.07, 6.45) is 0. The molecule has 4 nitrogen and oxygen atoms in total. The lowest BCUT2D eigenvalue weighted by Crippen LogP contribution is -2.32. The predicted molar refractivity (Wildman–Crippen MR) is 78.0 cm³/mol. The Hall–Kier alpha value is -0.430. The molecule has 0 spiro atoms. The van der Waals surface area contributed by atoms with Gasteiger partial charge in [-0.25, -0.2) is 13.1 Å². The summed E-state index contributed by atoms with van der Waals surface area (Å²) in [5, 5.41) is 3.22. The van der Waals surface area contributed by atoms with Crippen molar-refractivity contribution in [2.24, 2.45) is 0 Å². The molecule has 18 heavy (non-hydrogen) atoms. The first-order chi connectivity index (χ1) is 8.44. The summed E-state index contributed by atoms with van der Waals surface area (Å²) < 4.78 is 25.9. The van der Waals surface area contributed by atoms with E-state index in [1.807, 2.05) is 6.07 Å². The molecule has 0 aromatic heterocycles. The topological polar surface area (TPSA) is 58.2 Å². The summed E-state index contributed by atoms with van der Waals surface area (Å²) in [6, 6.07) is 6.13. The number of rotatable bonds is 7. The molecule has 0 saturated heterocycles. The Kier molecular flexibility index (Phi) is 6.28. The van der Waals surface area contributed by atoms with Crippen molar-refractivity contribution in [3.05, 3.63) is 33.8 Å². The molecule has 1 aromatic carbocycles. The molecule has 0 aliphatic rings. The molecule has 1 aromatic rings. The average molecular weight is 335 g/mol. The molecule has 0 aliphatic heterocycles. The van der Waals surface area contributed by atoms with E-state index in [9.17, 15) is 8.42 Å². The SMILES string of the molecule is CCS(=O)(=O)NCCNCc1ccc(Br)cc1C. The maximum Gasteiger partial charge on any atom is 0.211 e. The molecule has 102 valence electrons. The summed E-state index contributed by atoms with van der Waals surface area (Å²) in [5.74, 6) is 0.124. The zero-order valence-corrected chi connectivity index (χ0v) is 13.1. The molecule has 0 unspecified atom stereocenters. The molecule has 0 fully saturated rings. The Morgan fingerprint density at radius 1 is 1.28 bits per heavy atom. The van der Waals surface area contributed by atoms with Gasteiger partial charge >= 0.3 is 0 Å². The van der Waals surface area contributed by atoms with E-state index < -0.39 is 10.0 Å². The van der Waals surface area contributed by atoms with E-state index >= 15 is 0 Å². The van der Waals surface area contributed by atoms with Gasteiger partial charge in [0.05, 0.1) is 5.75 Å². The fourth-order valence-electron chi connectivity index (χ4n) is 1.48. The lowest BCUT2D eigenvalue weighted by Gasteiger charge is -2.09. The third-order valence-electron chi connectivity index (χ3n) is 2.62. The Morgan fingerprint density at radius 2 is 2.00 bits per heavy atom. The van der Waals surface area contributed by atoms with Gasteiger partial charge in [-0.05, 0) is 37.1 Å². The van der Waals surface area contributed by atoms with Crippen molar-refractivity contribution in [1.82, 2.24) is 10.0 Å². The molecule has 0 amide bonds. The minimum atomic E-state index is -3.07. The first-order valence-electron chi connectivity index (χ1n) is 5.87. The van der Waals surface area contributed by atoms with E-state index in [4.69, 9.17) is 0 Å². The smallest absolute Gasteiger partial charge is 0.211 e. The number of nitrogens with one attached hydrogen (secondary N) is 2. The number of hydrogen-bond donors (Lipinski definition) is 2. The molecule has 0 bridgehead atoms. The lowest BCUT2D eigenvalue weighted by molar-refractivity contribution is 0.577. The summed E-state index contributed by atoms with van der Waals surface area (Å²) in [4.78, 5) is 0. The summed E-state index contributed by atoms with van der Waals surface area (Å²) in [7, 11) is -3.07. The number of halogens is 1. The second kappa shape index (κ2) is 7.23. The number of sulfonamides is 1. The van der Waals surface area contributed by atoms with Crippen LogP contribution < -0.4 is 10.0 Å². The van der Waals surface area contributed by atoms with Crippen molar-refractivity contribution < 1.29 is 8.42 Å². The second-order valence-electron chi connectivity index (χ2n) is 4.05. The summed E-state index contributed by atoms with van der Waals surface area (Å²) in [6.45, 7) is 5.47. The largest absolute Gasteiger partial charge is 0.311 e. The van der Waals surface area contributed by atoms with E-state index in [1.165, 1.54) is 11.1 Å². The van der Waals surface area contributed by atoms with Gasteiger partial charge in [-0.1, -0.05) is 22.0 Å². The van der Waals surface area contributed by atoms with Crippen molar-refractivity contribution >= 4 is 26.0 Å². The van der Waals surface area contributed by atoms with Crippen LogP contribution >= 0.6 is 15.9 Å². The van der Waals surface area contributed by atoms with Crippen LogP contribution in [0, 0.1) is 6.92 Å². The summed E-state index contributed by atoms with van der Waals surface area (Å²) >= 11 is 3.42. The van der Waals surface area contributed by atoms with E-state index in [0.717, 1.165) is 11.0 Å². The van der Waals surface area contributed by atoms with Crippen LogP contribution in [0.2, 0.25) is 0 Å². The highest BCUT2D eigenvalue weighted by Gasteiger charge is 2.04. The van der Waals surface area contributed by atoms with Crippen molar-refractivity contribution in [3.63, 3.8) is 0 Å². The van der Waals surface area contributed by atoms with Crippen LogP contribution in [-0.2, 0) is 16.6 Å². The third-order valence-corrected chi connectivity index (χ3v) is 4.52. The number of hydrogen-bond acceptors (Lipinski definition) is 3. The molecular weight excluding hydrogens is 316 g/mol. The molecule has 0 atom stereocenters. The van der Waals surface area contributed by atoms with Crippen LogP contribution in [-0.4, -0.2) is 27.3 Å². The number of benzene rings is 1. The van der Waals surface area contributed by atoms with Gasteiger partial charge in [0.1, 0.15) is 0 Å². The van der Waals surface area contributed by atoms with Gasteiger partial charge in [-0.3, -0.25) is 0 Å². The molecular formula is C12H19BrN2O2S.